The van der Waals surface area contributed by atoms with Gasteiger partial charge in [-0.2, -0.15) is 9.97 Å². The van der Waals surface area contributed by atoms with Crippen molar-refractivity contribution in [2.45, 2.75) is 12.0 Å². The second kappa shape index (κ2) is 18.2. The quantitative estimate of drug-likeness (QED) is 0.145. The van der Waals surface area contributed by atoms with Gasteiger partial charge in [-0.3, -0.25) is 4.57 Å². The predicted molar refractivity (Wildman–Crippen MR) is 306 cm³/mol. The summed E-state index contributed by atoms with van der Waals surface area (Å²) < 4.78 is 2.31. The van der Waals surface area contributed by atoms with Gasteiger partial charge in [0.1, 0.15) is 0 Å². The molecule has 5 heteroatoms. The first-order chi connectivity index (χ1) is 36.7. The zero-order valence-corrected chi connectivity index (χ0v) is 40.4. The average molecular weight is 946 g/mol. The Morgan fingerprint density at radius 3 is 1.51 bits per heavy atom. The third-order valence-electron chi connectivity index (χ3n) is 14.8. The Balaban J connectivity index is 1.03. The van der Waals surface area contributed by atoms with Crippen LogP contribution in [0, 0.1) is 0 Å². The summed E-state index contributed by atoms with van der Waals surface area (Å²) in [6.45, 7) is 0. The van der Waals surface area contributed by atoms with E-state index in [1.54, 1.807) is 0 Å². The molecule has 5 nitrogen and oxygen atoms in total. The van der Waals surface area contributed by atoms with Crippen molar-refractivity contribution in [3.8, 4) is 84.4 Å². The third kappa shape index (κ3) is 7.44. The molecule has 0 fully saturated rings. The summed E-state index contributed by atoms with van der Waals surface area (Å²) in [7, 11) is 0. The van der Waals surface area contributed by atoms with Gasteiger partial charge in [-0.05, 0) is 86.0 Å². The van der Waals surface area contributed by atoms with Crippen LogP contribution >= 0.6 is 0 Å². The van der Waals surface area contributed by atoms with E-state index >= 15 is 0 Å². The molecule has 0 N–H and O–H groups in total. The molecule has 2 aromatic heterocycles. The number of allylic oxidation sites excluding steroid dienone is 2. The van der Waals surface area contributed by atoms with Crippen LogP contribution < -0.4 is 4.90 Å². The van der Waals surface area contributed by atoms with Gasteiger partial charge >= 0.3 is 0 Å². The van der Waals surface area contributed by atoms with Crippen LogP contribution in [0.2, 0.25) is 0 Å². The highest BCUT2D eigenvalue weighted by Crippen LogP contribution is 2.55. The van der Waals surface area contributed by atoms with Crippen LogP contribution in [-0.2, 0) is 0 Å². The van der Waals surface area contributed by atoms with Crippen molar-refractivity contribution in [1.29, 1.82) is 0 Å². The first-order valence-electron chi connectivity index (χ1n) is 25.3. The smallest absolute Gasteiger partial charge is 0.238 e. The average Bonchev–Trinajstić information content (AvgIpc) is 4.07. The van der Waals surface area contributed by atoms with Crippen LogP contribution in [0.4, 0.5) is 11.4 Å². The molecule has 0 radical (unpaired) electrons. The minimum absolute atomic E-state index is 0.00312. The van der Waals surface area contributed by atoms with Crippen LogP contribution in [0.25, 0.3) is 106 Å². The molecule has 0 bridgehead atoms. The van der Waals surface area contributed by atoms with Crippen molar-refractivity contribution in [3.63, 3.8) is 0 Å². The molecule has 2 aliphatic rings. The lowest BCUT2D eigenvalue weighted by molar-refractivity contribution is 0.745. The Bertz CT molecular complexity index is 4040. The molecule has 2 unspecified atom stereocenters. The summed E-state index contributed by atoms with van der Waals surface area (Å²) in [5, 5.41) is 2.26. The second-order valence-corrected chi connectivity index (χ2v) is 19.1. The lowest BCUT2D eigenvalue weighted by Gasteiger charge is -2.31. The van der Waals surface area contributed by atoms with E-state index in [0.717, 1.165) is 72.1 Å². The van der Waals surface area contributed by atoms with E-state index < -0.39 is 0 Å². The number of fused-ring (bicyclic) bond motifs is 7. The van der Waals surface area contributed by atoms with E-state index in [-0.39, 0.29) is 12.0 Å². The Hall–Kier alpha value is -9.71. The Morgan fingerprint density at radius 1 is 0.338 bits per heavy atom. The second-order valence-electron chi connectivity index (χ2n) is 19.1. The normalized spacial score (nSPS) is 14.6. The fourth-order valence-corrected chi connectivity index (χ4v) is 11.4. The monoisotopic (exact) mass is 945 g/mol. The fourth-order valence-electron chi connectivity index (χ4n) is 11.4. The van der Waals surface area contributed by atoms with E-state index in [2.05, 4.69) is 282 Å². The number of rotatable bonds is 9. The van der Waals surface area contributed by atoms with Crippen LogP contribution in [-0.4, -0.2) is 25.6 Å². The summed E-state index contributed by atoms with van der Waals surface area (Å²) in [6, 6.07) is 88.9. The maximum absolute atomic E-state index is 5.54. The van der Waals surface area contributed by atoms with Crippen LogP contribution in [0.1, 0.15) is 11.5 Å². The molecular weight excluding hydrogens is 899 g/mol. The van der Waals surface area contributed by atoms with Crippen LogP contribution in [0.3, 0.4) is 0 Å². The van der Waals surface area contributed by atoms with E-state index in [1.807, 2.05) is 0 Å². The molecule has 74 heavy (non-hydrogen) atoms. The van der Waals surface area contributed by atoms with Crippen molar-refractivity contribution in [2.24, 2.45) is 0 Å². The maximum Gasteiger partial charge on any atom is 0.238 e. The number of hydrogen-bond acceptors (Lipinski definition) is 4. The van der Waals surface area contributed by atoms with Crippen molar-refractivity contribution in [2.75, 3.05) is 4.90 Å². The van der Waals surface area contributed by atoms with Gasteiger partial charge in [0.25, 0.3) is 0 Å². The van der Waals surface area contributed by atoms with Gasteiger partial charge in [-0.15, -0.1) is 0 Å². The molecule has 10 aromatic carbocycles. The fraction of sp³-hybridized carbons (Fsp3) is 0.0290. The Labute approximate surface area is 430 Å². The SMILES string of the molecule is C1=CC2c3ccc4c5ccccc5n(-c5nc(-c6cccc(-c7ccccc7)c6)nc(-c6cccc(-c7ccccc7)c6)n5)c4c3N(c3ccccc3-c3cc(-c4ccccc4)ccc3-c3ccccc3)C2C=C1. The number of hydrogen-bond donors (Lipinski definition) is 0. The number of benzene rings is 10. The first-order valence-corrected chi connectivity index (χ1v) is 25.3. The molecular formula is C69H47N5. The van der Waals surface area contributed by atoms with Crippen LogP contribution in [0.5, 0.6) is 0 Å². The molecule has 0 saturated carbocycles. The van der Waals surface area contributed by atoms with Crippen molar-refractivity contribution in [1.82, 2.24) is 19.5 Å². The highest BCUT2D eigenvalue weighted by Gasteiger charge is 2.41. The molecule has 1 aliphatic carbocycles. The molecule has 12 aromatic rings. The molecule has 1 aliphatic heterocycles. The lowest BCUT2D eigenvalue weighted by Crippen LogP contribution is -2.29. The third-order valence-corrected chi connectivity index (χ3v) is 14.8. The van der Waals surface area contributed by atoms with Gasteiger partial charge in [-0.25, -0.2) is 4.98 Å². The van der Waals surface area contributed by atoms with Gasteiger partial charge in [0, 0.05) is 39.1 Å². The van der Waals surface area contributed by atoms with E-state index in [0.29, 0.717) is 17.6 Å². The summed E-state index contributed by atoms with van der Waals surface area (Å²) in [5.74, 6) is 1.84. The Kier molecular flexibility index (Phi) is 10.6. The Morgan fingerprint density at radius 2 is 0.865 bits per heavy atom. The standard InChI is InChI=1S/C69H47N5/c1-5-21-46(22-6-1)50-29-19-31-53(43-50)67-70-68(54-32-20-30-51(44-54)47-23-7-2-8-24-47)72-69(71-67)74-64-38-18-14-34-57(64)60-42-41-59-56-33-13-16-36-62(56)73(65(59)66(60)74)63-37-17-15-35-58(63)61-45-52(48-25-9-3-10-26-48)39-40-55(61)49-27-11-4-12-28-49/h1-45,56,62H. The van der Waals surface area contributed by atoms with Gasteiger partial charge < -0.3 is 4.90 Å². The van der Waals surface area contributed by atoms with Crippen LogP contribution in [0.15, 0.2) is 273 Å². The molecule has 0 spiro atoms. The highest BCUT2D eigenvalue weighted by molar-refractivity contribution is 6.15. The molecule has 2 atom stereocenters. The zero-order valence-electron chi connectivity index (χ0n) is 40.4. The molecule has 3 heterocycles. The van der Waals surface area contributed by atoms with E-state index in [4.69, 9.17) is 15.0 Å². The zero-order chi connectivity index (χ0) is 49.0. The highest BCUT2D eigenvalue weighted by atomic mass is 15.2. The number of aromatic nitrogens is 4. The summed E-state index contributed by atoms with van der Waals surface area (Å²) in [4.78, 5) is 19.0. The topological polar surface area (TPSA) is 46.8 Å². The number of nitrogens with zero attached hydrogens (tertiary/aromatic N) is 5. The minimum atomic E-state index is -0.00312. The molecule has 348 valence electrons. The first kappa shape index (κ1) is 43.1. The lowest BCUT2D eigenvalue weighted by atomic mass is 9.89. The van der Waals surface area contributed by atoms with Crippen molar-refractivity contribution >= 4 is 33.2 Å². The van der Waals surface area contributed by atoms with E-state index in [1.165, 1.54) is 33.4 Å². The number of para-hydroxylation sites is 2. The van der Waals surface area contributed by atoms with Crippen molar-refractivity contribution < 1.29 is 0 Å². The summed E-state index contributed by atoms with van der Waals surface area (Å²) in [6.07, 6.45) is 9.15. The largest absolute Gasteiger partial charge is 0.331 e. The molecule has 0 amide bonds. The maximum atomic E-state index is 5.54. The number of anilines is 2. The van der Waals surface area contributed by atoms with Gasteiger partial charge in [0.05, 0.1) is 22.8 Å². The minimum Gasteiger partial charge on any atom is -0.331 e. The molecule has 14 rings (SSSR count). The predicted octanol–water partition coefficient (Wildman–Crippen LogP) is 17.4. The van der Waals surface area contributed by atoms with Crippen molar-refractivity contribution in [3.05, 3.63) is 279 Å². The summed E-state index contributed by atoms with van der Waals surface area (Å²) in [5.41, 5.74) is 18.9. The van der Waals surface area contributed by atoms with Gasteiger partial charge in [0.15, 0.2) is 11.6 Å². The molecule has 0 saturated heterocycles. The van der Waals surface area contributed by atoms with Gasteiger partial charge in [-0.1, -0.05) is 243 Å². The summed E-state index contributed by atoms with van der Waals surface area (Å²) >= 11 is 0. The van der Waals surface area contributed by atoms with Gasteiger partial charge in [0.2, 0.25) is 5.95 Å². The van der Waals surface area contributed by atoms with E-state index in [9.17, 15) is 0 Å².